The molecule has 1 fully saturated rings. The molecule has 0 amide bonds. The lowest BCUT2D eigenvalue weighted by Gasteiger charge is -2.07. The molecule has 0 bridgehead atoms. The standard InChI is InChI=1S/C11H16ClN3OS/c1-2-16-10-13-9(12)14-11(15-10)17-7-8-5-3-4-6-8/h8H,2-7H2,1H3. The van der Waals surface area contributed by atoms with Gasteiger partial charge in [0.15, 0.2) is 5.16 Å². The maximum Gasteiger partial charge on any atom is 0.321 e. The van der Waals surface area contributed by atoms with Gasteiger partial charge < -0.3 is 4.74 Å². The zero-order chi connectivity index (χ0) is 12.1. The summed E-state index contributed by atoms with van der Waals surface area (Å²) in [5.74, 6) is 1.86. The van der Waals surface area contributed by atoms with E-state index < -0.39 is 0 Å². The number of halogens is 1. The summed E-state index contributed by atoms with van der Waals surface area (Å²) in [5.41, 5.74) is 0. The maximum atomic E-state index is 5.83. The fraction of sp³-hybridized carbons (Fsp3) is 0.727. The minimum Gasteiger partial charge on any atom is -0.464 e. The lowest BCUT2D eigenvalue weighted by molar-refractivity contribution is 0.307. The summed E-state index contributed by atoms with van der Waals surface area (Å²) in [5, 5.41) is 0.873. The van der Waals surface area contributed by atoms with E-state index in [4.69, 9.17) is 16.3 Å². The SMILES string of the molecule is CCOc1nc(Cl)nc(SCC2CCCC2)n1. The van der Waals surface area contributed by atoms with Crippen LogP contribution < -0.4 is 4.74 Å². The molecular formula is C11H16ClN3OS. The molecule has 0 radical (unpaired) electrons. The number of hydrogen-bond acceptors (Lipinski definition) is 5. The van der Waals surface area contributed by atoms with Crippen molar-refractivity contribution in [2.45, 2.75) is 37.8 Å². The predicted octanol–water partition coefficient (Wildman–Crippen LogP) is 3.21. The third kappa shape index (κ3) is 4.00. The van der Waals surface area contributed by atoms with Crippen molar-refractivity contribution >= 4 is 23.4 Å². The van der Waals surface area contributed by atoms with Crippen molar-refractivity contribution in [3.05, 3.63) is 5.28 Å². The highest BCUT2D eigenvalue weighted by atomic mass is 35.5. The Morgan fingerprint density at radius 2 is 2.06 bits per heavy atom. The van der Waals surface area contributed by atoms with E-state index in [0.717, 1.165) is 11.7 Å². The molecule has 0 aliphatic heterocycles. The summed E-state index contributed by atoms with van der Waals surface area (Å²) in [6, 6.07) is 0.321. The number of aromatic nitrogens is 3. The Morgan fingerprint density at radius 1 is 1.29 bits per heavy atom. The first-order valence-corrected chi connectivity index (χ1v) is 7.31. The van der Waals surface area contributed by atoms with Crippen LogP contribution in [0.3, 0.4) is 0 Å². The third-order valence-corrected chi connectivity index (χ3v) is 4.01. The van der Waals surface area contributed by atoms with Crippen molar-refractivity contribution < 1.29 is 4.74 Å². The summed E-state index contributed by atoms with van der Waals surface area (Å²) in [7, 11) is 0. The summed E-state index contributed by atoms with van der Waals surface area (Å²) in [4.78, 5) is 12.2. The molecule has 0 N–H and O–H groups in total. The van der Waals surface area contributed by atoms with E-state index in [1.54, 1.807) is 11.8 Å². The quantitative estimate of drug-likeness (QED) is 0.771. The smallest absolute Gasteiger partial charge is 0.321 e. The van der Waals surface area contributed by atoms with Gasteiger partial charge in [-0.05, 0) is 37.3 Å². The van der Waals surface area contributed by atoms with Crippen LogP contribution in [0, 0.1) is 5.92 Å². The lowest BCUT2D eigenvalue weighted by Crippen LogP contribution is -2.02. The Morgan fingerprint density at radius 3 is 2.76 bits per heavy atom. The summed E-state index contributed by atoms with van der Waals surface area (Å²) < 4.78 is 5.24. The van der Waals surface area contributed by atoms with Crippen molar-refractivity contribution in [3.8, 4) is 6.01 Å². The molecule has 1 aromatic heterocycles. The van der Waals surface area contributed by atoms with Crippen LogP contribution in [0.5, 0.6) is 6.01 Å². The second kappa shape index (κ2) is 6.40. The second-order valence-corrected chi connectivity index (χ2v) is 5.39. The minimum absolute atomic E-state index is 0.206. The van der Waals surface area contributed by atoms with Gasteiger partial charge >= 0.3 is 6.01 Å². The molecule has 1 aliphatic rings. The number of ether oxygens (including phenoxy) is 1. The highest BCUT2D eigenvalue weighted by Gasteiger charge is 2.16. The summed E-state index contributed by atoms with van der Waals surface area (Å²) in [6.45, 7) is 2.43. The molecule has 94 valence electrons. The molecule has 4 nitrogen and oxygen atoms in total. The van der Waals surface area contributed by atoms with Crippen LogP contribution in [-0.2, 0) is 0 Å². The fourth-order valence-corrected chi connectivity index (χ4v) is 3.16. The largest absolute Gasteiger partial charge is 0.464 e. The maximum absolute atomic E-state index is 5.83. The van der Waals surface area contributed by atoms with E-state index in [1.165, 1.54) is 25.7 Å². The molecule has 0 unspecified atom stereocenters. The van der Waals surface area contributed by atoms with Crippen molar-refractivity contribution in [1.82, 2.24) is 15.0 Å². The summed E-state index contributed by atoms with van der Waals surface area (Å²) in [6.07, 6.45) is 5.36. The Labute approximate surface area is 111 Å². The Hall–Kier alpha value is -0.550. The molecule has 0 saturated heterocycles. The third-order valence-electron chi connectivity index (χ3n) is 2.76. The van der Waals surface area contributed by atoms with Gasteiger partial charge in [-0.3, -0.25) is 0 Å². The molecule has 1 saturated carbocycles. The fourth-order valence-electron chi connectivity index (χ4n) is 1.94. The monoisotopic (exact) mass is 273 g/mol. The first-order chi connectivity index (χ1) is 8.28. The molecule has 2 rings (SSSR count). The molecule has 0 spiro atoms. The topological polar surface area (TPSA) is 47.9 Å². The molecular weight excluding hydrogens is 258 g/mol. The minimum atomic E-state index is 0.206. The average Bonchev–Trinajstić information content (AvgIpc) is 2.79. The van der Waals surface area contributed by atoms with Crippen LogP contribution in [0.15, 0.2) is 5.16 Å². The zero-order valence-electron chi connectivity index (χ0n) is 9.86. The van der Waals surface area contributed by atoms with Gasteiger partial charge in [-0.2, -0.15) is 15.0 Å². The Kier molecular flexibility index (Phi) is 4.86. The highest BCUT2D eigenvalue weighted by Crippen LogP contribution is 2.30. The first-order valence-electron chi connectivity index (χ1n) is 5.95. The number of rotatable bonds is 5. The normalized spacial score (nSPS) is 16.4. The van der Waals surface area contributed by atoms with Gasteiger partial charge in [0, 0.05) is 5.75 Å². The van der Waals surface area contributed by atoms with Gasteiger partial charge in [0.2, 0.25) is 5.28 Å². The number of thioether (sulfide) groups is 1. The van der Waals surface area contributed by atoms with Gasteiger partial charge in [-0.1, -0.05) is 24.6 Å². The van der Waals surface area contributed by atoms with E-state index in [2.05, 4.69) is 15.0 Å². The Balaban J connectivity index is 1.94. The molecule has 0 aromatic carbocycles. The Bertz CT molecular complexity index is 372. The van der Waals surface area contributed by atoms with Crippen molar-refractivity contribution in [1.29, 1.82) is 0 Å². The van der Waals surface area contributed by atoms with E-state index >= 15 is 0 Å². The van der Waals surface area contributed by atoms with Gasteiger partial charge in [0.05, 0.1) is 6.61 Å². The number of hydrogen-bond donors (Lipinski definition) is 0. The van der Waals surface area contributed by atoms with Crippen molar-refractivity contribution in [3.63, 3.8) is 0 Å². The van der Waals surface area contributed by atoms with E-state index in [9.17, 15) is 0 Å². The van der Waals surface area contributed by atoms with Crippen LogP contribution in [0.2, 0.25) is 5.28 Å². The van der Waals surface area contributed by atoms with E-state index in [1.807, 2.05) is 6.92 Å². The molecule has 1 aromatic rings. The molecule has 17 heavy (non-hydrogen) atoms. The van der Waals surface area contributed by atoms with Crippen LogP contribution in [0.25, 0.3) is 0 Å². The van der Waals surface area contributed by atoms with E-state index in [0.29, 0.717) is 17.8 Å². The average molecular weight is 274 g/mol. The zero-order valence-corrected chi connectivity index (χ0v) is 11.4. The van der Waals surface area contributed by atoms with Gasteiger partial charge in [-0.25, -0.2) is 0 Å². The van der Waals surface area contributed by atoms with E-state index in [-0.39, 0.29) is 5.28 Å². The summed E-state index contributed by atoms with van der Waals surface area (Å²) >= 11 is 7.47. The molecule has 1 aliphatic carbocycles. The molecule has 1 heterocycles. The second-order valence-electron chi connectivity index (χ2n) is 4.06. The van der Waals surface area contributed by atoms with Gasteiger partial charge in [0.1, 0.15) is 0 Å². The first kappa shape index (κ1) is 12.9. The number of nitrogens with zero attached hydrogens (tertiary/aromatic N) is 3. The lowest BCUT2D eigenvalue weighted by atomic mass is 10.1. The van der Waals surface area contributed by atoms with Crippen LogP contribution >= 0.6 is 23.4 Å². The molecule has 6 heteroatoms. The van der Waals surface area contributed by atoms with Crippen LogP contribution in [0.4, 0.5) is 0 Å². The van der Waals surface area contributed by atoms with Crippen molar-refractivity contribution in [2.24, 2.45) is 5.92 Å². The highest BCUT2D eigenvalue weighted by molar-refractivity contribution is 7.99. The van der Waals surface area contributed by atoms with Crippen molar-refractivity contribution in [2.75, 3.05) is 12.4 Å². The van der Waals surface area contributed by atoms with Gasteiger partial charge in [-0.15, -0.1) is 0 Å². The van der Waals surface area contributed by atoms with Crippen LogP contribution in [0.1, 0.15) is 32.6 Å². The van der Waals surface area contributed by atoms with Gasteiger partial charge in [0.25, 0.3) is 0 Å². The molecule has 0 atom stereocenters. The predicted molar refractivity (Wildman–Crippen MR) is 68.7 cm³/mol. The van der Waals surface area contributed by atoms with Crippen LogP contribution in [-0.4, -0.2) is 27.3 Å².